The van der Waals surface area contributed by atoms with Gasteiger partial charge in [0.1, 0.15) is 5.82 Å². The number of pyridine rings is 1. The van der Waals surface area contributed by atoms with Gasteiger partial charge in [0.25, 0.3) is 0 Å². The lowest BCUT2D eigenvalue weighted by Crippen LogP contribution is -2.37. The van der Waals surface area contributed by atoms with Crippen molar-refractivity contribution in [1.82, 2.24) is 4.98 Å². The number of hydrogen-bond donors (Lipinski definition) is 2. The van der Waals surface area contributed by atoms with Crippen LogP contribution >= 0.6 is 0 Å². The Kier molecular flexibility index (Phi) is 4.31. The first kappa shape index (κ1) is 13.3. The van der Waals surface area contributed by atoms with Crippen LogP contribution in [0.2, 0.25) is 0 Å². The molecule has 17 heavy (non-hydrogen) atoms. The first-order chi connectivity index (χ1) is 7.90. The van der Waals surface area contributed by atoms with Crippen LogP contribution in [0.3, 0.4) is 0 Å². The van der Waals surface area contributed by atoms with Crippen molar-refractivity contribution in [3.63, 3.8) is 0 Å². The normalized spacial score (nSPS) is 10.6. The van der Waals surface area contributed by atoms with Gasteiger partial charge in [-0.15, -0.1) is 0 Å². The van der Waals surface area contributed by atoms with E-state index in [1.807, 2.05) is 17.9 Å². The molecule has 0 saturated carbocycles. The van der Waals surface area contributed by atoms with Gasteiger partial charge in [-0.25, -0.2) is 4.98 Å². The smallest absolute Gasteiger partial charge is 0.236 e. The van der Waals surface area contributed by atoms with Crippen molar-refractivity contribution in [2.24, 2.45) is 11.7 Å². The second-order valence-electron chi connectivity index (χ2n) is 4.65. The Bertz CT molecular complexity index is 403. The van der Waals surface area contributed by atoms with E-state index in [4.69, 9.17) is 11.5 Å². The molecule has 0 spiro atoms. The van der Waals surface area contributed by atoms with Gasteiger partial charge in [-0.1, -0.05) is 13.8 Å². The number of carbonyl (C=O) groups excluding carboxylic acids is 1. The number of rotatable bonds is 5. The number of nitrogens with zero attached hydrogens (tertiary/aromatic N) is 2. The summed E-state index contributed by atoms with van der Waals surface area (Å²) in [6.07, 6.45) is 1.59. The molecule has 1 rings (SSSR count). The molecule has 1 amide bonds. The lowest BCUT2D eigenvalue weighted by atomic mass is 10.2. The van der Waals surface area contributed by atoms with E-state index in [-0.39, 0.29) is 12.5 Å². The van der Waals surface area contributed by atoms with E-state index in [0.29, 0.717) is 11.6 Å². The molecule has 0 radical (unpaired) electrons. The van der Waals surface area contributed by atoms with Crippen LogP contribution in [-0.4, -0.2) is 24.0 Å². The van der Waals surface area contributed by atoms with Crippen molar-refractivity contribution in [2.75, 3.05) is 23.7 Å². The summed E-state index contributed by atoms with van der Waals surface area (Å²) in [5.41, 5.74) is 12.5. The topological polar surface area (TPSA) is 85.2 Å². The Labute approximate surface area is 102 Å². The van der Waals surface area contributed by atoms with E-state index in [0.717, 1.165) is 17.9 Å². The van der Waals surface area contributed by atoms with Crippen molar-refractivity contribution in [1.29, 1.82) is 0 Å². The monoisotopic (exact) mass is 236 g/mol. The molecule has 1 aromatic heterocycles. The maximum absolute atomic E-state index is 11.1. The van der Waals surface area contributed by atoms with Gasteiger partial charge in [-0.2, -0.15) is 0 Å². The molecule has 1 heterocycles. The van der Waals surface area contributed by atoms with Crippen LogP contribution in [0.15, 0.2) is 12.3 Å². The lowest BCUT2D eigenvalue weighted by molar-refractivity contribution is -0.116. The standard InChI is InChI=1S/C12H20N4O/c1-8(2)6-16(7-11(14)17)12-9(3)4-10(13)5-15-12/h4-5,8H,6-7,13H2,1-3H3,(H2,14,17). The Morgan fingerprint density at radius 1 is 1.53 bits per heavy atom. The highest BCUT2D eigenvalue weighted by Gasteiger charge is 2.14. The van der Waals surface area contributed by atoms with Gasteiger partial charge in [0.05, 0.1) is 18.4 Å². The molecule has 4 N–H and O–H groups in total. The number of hydrogen-bond acceptors (Lipinski definition) is 4. The minimum absolute atomic E-state index is 0.177. The summed E-state index contributed by atoms with van der Waals surface area (Å²) < 4.78 is 0. The van der Waals surface area contributed by atoms with Gasteiger partial charge in [-0.05, 0) is 24.5 Å². The van der Waals surface area contributed by atoms with Gasteiger partial charge in [-0.3, -0.25) is 4.79 Å². The summed E-state index contributed by atoms with van der Waals surface area (Å²) in [7, 11) is 0. The summed E-state index contributed by atoms with van der Waals surface area (Å²) in [5.74, 6) is 0.837. The molecule has 0 unspecified atom stereocenters. The molecule has 5 heteroatoms. The highest BCUT2D eigenvalue weighted by molar-refractivity contribution is 5.79. The number of aryl methyl sites for hydroxylation is 1. The van der Waals surface area contributed by atoms with Crippen LogP contribution in [0.1, 0.15) is 19.4 Å². The van der Waals surface area contributed by atoms with E-state index in [2.05, 4.69) is 18.8 Å². The number of nitrogen functional groups attached to an aromatic ring is 1. The van der Waals surface area contributed by atoms with E-state index in [1.165, 1.54) is 0 Å². The molecule has 0 bridgehead atoms. The van der Waals surface area contributed by atoms with Crippen LogP contribution in [0.5, 0.6) is 0 Å². The van der Waals surface area contributed by atoms with E-state index in [9.17, 15) is 4.79 Å². The molecule has 5 nitrogen and oxygen atoms in total. The third-order valence-electron chi connectivity index (χ3n) is 2.30. The van der Waals surface area contributed by atoms with Gasteiger partial charge in [0.2, 0.25) is 5.91 Å². The number of primary amides is 1. The second-order valence-corrected chi connectivity index (χ2v) is 4.65. The number of aromatic nitrogens is 1. The fraction of sp³-hybridized carbons (Fsp3) is 0.500. The summed E-state index contributed by atoms with van der Waals surface area (Å²) in [6.45, 7) is 7.00. The Hall–Kier alpha value is -1.78. The molecule has 0 aliphatic heterocycles. The molecule has 0 atom stereocenters. The summed E-state index contributed by atoms with van der Waals surface area (Å²) in [6, 6.07) is 1.84. The fourth-order valence-electron chi connectivity index (χ4n) is 1.78. The van der Waals surface area contributed by atoms with Gasteiger partial charge in [0.15, 0.2) is 0 Å². The summed E-state index contributed by atoms with van der Waals surface area (Å²) in [5, 5.41) is 0. The minimum Gasteiger partial charge on any atom is -0.397 e. The van der Waals surface area contributed by atoms with E-state index in [1.54, 1.807) is 6.20 Å². The van der Waals surface area contributed by atoms with E-state index >= 15 is 0 Å². The van der Waals surface area contributed by atoms with Gasteiger partial charge < -0.3 is 16.4 Å². The predicted molar refractivity (Wildman–Crippen MR) is 69.6 cm³/mol. The quantitative estimate of drug-likeness (QED) is 0.796. The average Bonchev–Trinajstić information content (AvgIpc) is 2.14. The molecular weight excluding hydrogens is 216 g/mol. The lowest BCUT2D eigenvalue weighted by Gasteiger charge is -2.25. The summed E-state index contributed by atoms with van der Waals surface area (Å²) in [4.78, 5) is 17.2. The first-order valence-corrected chi connectivity index (χ1v) is 5.65. The third-order valence-corrected chi connectivity index (χ3v) is 2.30. The van der Waals surface area contributed by atoms with Crippen molar-refractivity contribution in [2.45, 2.75) is 20.8 Å². The average molecular weight is 236 g/mol. The van der Waals surface area contributed by atoms with Crippen molar-refractivity contribution in [3.8, 4) is 0 Å². The second kappa shape index (κ2) is 5.52. The number of carbonyl (C=O) groups is 1. The minimum atomic E-state index is -0.358. The van der Waals surface area contributed by atoms with Crippen LogP contribution in [0.25, 0.3) is 0 Å². The Morgan fingerprint density at radius 3 is 2.65 bits per heavy atom. The van der Waals surface area contributed by atoms with Crippen LogP contribution in [0, 0.1) is 12.8 Å². The highest BCUT2D eigenvalue weighted by Crippen LogP contribution is 2.19. The number of amides is 1. The van der Waals surface area contributed by atoms with Crippen molar-refractivity contribution >= 4 is 17.4 Å². The van der Waals surface area contributed by atoms with E-state index < -0.39 is 0 Å². The molecule has 0 fully saturated rings. The number of anilines is 2. The maximum Gasteiger partial charge on any atom is 0.236 e. The Morgan fingerprint density at radius 2 is 2.18 bits per heavy atom. The van der Waals surface area contributed by atoms with Gasteiger partial charge in [0, 0.05) is 6.54 Å². The molecule has 0 aliphatic carbocycles. The molecule has 0 aliphatic rings. The SMILES string of the molecule is Cc1cc(N)cnc1N(CC(N)=O)CC(C)C. The van der Waals surface area contributed by atoms with Crippen LogP contribution < -0.4 is 16.4 Å². The van der Waals surface area contributed by atoms with Gasteiger partial charge >= 0.3 is 0 Å². The fourth-order valence-corrected chi connectivity index (χ4v) is 1.78. The van der Waals surface area contributed by atoms with Crippen molar-refractivity contribution in [3.05, 3.63) is 17.8 Å². The third kappa shape index (κ3) is 3.94. The predicted octanol–water partition coefficient (Wildman–Crippen LogP) is 0.920. The highest BCUT2D eigenvalue weighted by atomic mass is 16.1. The van der Waals surface area contributed by atoms with Crippen LogP contribution in [0.4, 0.5) is 11.5 Å². The zero-order valence-electron chi connectivity index (χ0n) is 10.6. The molecule has 94 valence electrons. The first-order valence-electron chi connectivity index (χ1n) is 5.65. The summed E-state index contributed by atoms with van der Waals surface area (Å²) >= 11 is 0. The molecule has 0 aromatic carbocycles. The number of nitrogens with two attached hydrogens (primary N) is 2. The molecule has 1 aromatic rings. The zero-order chi connectivity index (χ0) is 13.0. The van der Waals surface area contributed by atoms with Crippen molar-refractivity contribution < 1.29 is 4.79 Å². The molecule has 0 saturated heterocycles. The largest absolute Gasteiger partial charge is 0.397 e. The van der Waals surface area contributed by atoms with Crippen LogP contribution in [-0.2, 0) is 4.79 Å². The maximum atomic E-state index is 11.1. The Balaban J connectivity index is 2.98. The molecular formula is C12H20N4O. The zero-order valence-corrected chi connectivity index (χ0v) is 10.6.